The van der Waals surface area contributed by atoms with Gasteiger partial charge in [-0.1, -0.05) is 27.2 Å². The number of nitrogens with zero attached hydrogens (tertiary/aromatic N) is 1. The van der Waals surface area contributed by atoms with E-state index < -0.39 is 0 Å². The van der Waals surface area contributed by atoms with Crippen molar-refractivity contribution < 1.29 is 4.84 Å². The number of aryl methyl sites for hydroxylation is 2. The van der Waals surface area contributed by atoms with E-state index in [1.165, 1.54) is 16.7 Å². The third-order valence-electron chi connectivity index (χ3n) is 2.67. The monoisotopic (exact) mass is 267 g/mol. The molecule has 80 valence electrons. The lowest BCUT2D eigenvalue weighted by Gasteiger charge is -2.19. The zero-order chi connectivity index (χ0) is 10.8. The van der Waals surface area contributed by atoms with Gasteiger partial charge in [0.15, 0.2) is 0 Å². The number of hydrogen-bond donors (Lipinski definition) is 0. The second kappa shape index (κ2) is 4.35. The summed E-state index contributed by atoms with van der Waals surface area (Å²) in [7, 11) is 1.60. The first-order valence-electron chi connectivity index (χ1n) is 5.12. The van der Waals surface area contributed by atoms with Crippen LogP contribution in [0.1, 0.15) is 29.5 Å². The van der Waals surface area contributed by atoms with Crippen LogP contribution in [0.4, 0.5) is 0 Å². The summed E-state index contributed by atoms with van der Waals surface area (Å²) in [6, 6.07) is 4.37. The summed E-state index contributed by atoms with van der Waals surface area (Å²) in [6.45, 7) is 2.12. The smallest absolute Gasteiger partial charge is 0.106 e. The molecule has 2 nitrogen and oxygen atoms in total. The Bertz CT molecular complexity index is 412. The van der Waals surface area contributed by atoms with Crippen molar-refractivity contribution in [2.24, 2.45) is 5.16 Å². The molecular formula is C12H14BrNO. The molecular weight excluding hydrogens is 254 g/mol. The topological polar surface area (TPSA) is 21.6 Å². The van der Waals surface area contributed by atoms with Crippen molar-refractivity contribution >= 4 is 21.6 Å². The van der Waals surface area contributed by atoms with Gasteiger partial charge >= 0.3 is 0 Å². The molecule has 0 aliphatic heterocycles. The summed E-state index contributed by atoms with van der Waals surface area (Å²) in [5.41, 5.74) is 4.96. The van der Waals surface area contributed by atoms with E-state index in [1.54, 1.807) is 7.11 Å². The fraction of sp³-hybridized carbons (Fsp3) is 0.417. The quantitative estimate of drug-likeness (QED) is 0.715. The van der Waals surface area contributed by atoms with Crippen LogP contribution in [0.5, 0.6) is 0 Å². The van der Waals surface area contributed by atoms with Gasteiger partial charge in [0, 0.05) is 10.0 Å². The van der Waals surface area contributed by atoms with Gasteiger partial charge in [0.25, 0.3) is 0 Å². The van der Waals surface area contributed by atoms with E-state index in [0.29, 0.717) is 0 Å². The Morgan fingerprint density at radius 2 is 2.13 bits per heavy atom. The minimum Gasteiger partial charge on any atom is -0.399 e. The molecule has 0 saturated carbocycles. The second-order valence-electron chi connectivity index (χ2n) is 3.85. The molecule has 0 fully saturated rings. The second-order valence-corrected chi connectivity index (χ2v) is 4.71. The van der Waals surface area contributed by atoms with Crippen LogP contribution in [0.15, 0.2) is 21.8 Å². The van der Waals surface area contributed by atoms with Gasteiger partial charge in [0.05, 0.1) is 5.71 Å². The van der Waals surface area contributed by atoms with Crippen LogP contribution in [0.25, 0.3) is 0 Å². The van der Waals surface area contributed by atoms with Crippen molar-refractivity contribution in [1.82, 2.24) is 0 Å². The minimum atomic E-state index is 1.00. The largest absolute Gasteiger partial charge is 0.399 e. The van der Waals surface area contributed by atoms with Crippen LogP contribution >= 0.6 is 15.9 Å². The molecule has 1 aliphatic carbocycles. The maximum absolute atomic E-state index is 4.89. The van der Waals surface area contributed by atoms with E-state index in [0.717, 1.165) is 29.4 Å². The first kappa shape index (κ1) is 10.7. The normalized spacial score (nSPS) is 17.7. The highest BCUT2D eigenvalue weighted by Crippen LogP contribution is 2.30. The molecule has 0 N–H and O–H groups in total. The van der Waals surface area contributed by atoms with E-state index in [2.05, 4.69) is 40.1 Å². The number of fused-ring (bicyclic) bond motifs is 1. The van der Waals surface area contributed by atoms with Crippen molar-refractivity contribution in [2.45, 2.75) is 26.2 Å². The standard InChI is InChI=1S/C12H14BrNO/c1-8-6-9-4-3-5-11(14-15-2)12(9)10(13)7-8/h6-7H,3-5H2,1-2H3/b14-11+. The molecule has 0 unspecified atom stereocenters. The number of halogens is 1. The van der Waals surface area contributed by atoms with Crippen molar-refractivity contribution in [1.29, 1.82) is 0 Å². The van der Waals surface area contributed by atoms with E-state index in [9.17, 15) is 0 Å². The summed E-state index contributed by atoms with van der Waals surface area (Å²) in [4.78, 5) is 4.89. The summed E-state index contributed by atoms with van der Waals surface area (Å²) < 4.78 is 1.13. The fourth-order valence-electron chi connectivity index (χ4n) is 2.11. The van der Waals surface area contributed by atoms with E-state index in [4.69, 9.17) is 4.84 Å². The molecule has 0 heterocycles. The highest BCUT2D eigenvalue weighted by Gasteiger charge is 2.19. The predicted molar refractivity (Wildman–Crippen MR) is 65.4 cm³/mol. The number of benzene rings is 1. The molecule has 0 radical (unpaired) electrons. The molecule has 3 heteroatoms. The Kier molecular flexibility index (Phi) is 3.10. The summed E-state index contributed by atoms with van der Waals surface area (Å²) >= 11 is 3.61. The third kappa shape index (κ3) is 2.07. The molecule has 0 saturated heterocycles. The van der Waals surface area contributed by atoms with Gasteiger partial charge in [-0.25, -0.2) is 0 Å². The number of oxime groups is 1. The lowest BCUT2D eigenvalue weighted by molar-refractivity contribution is 0.212. The van der Waals surface area contributed by atoms with Gasteiger partial charge in [-0.05, 0) is 43.4 Å². The molecule has 0 bridgehead atoms. The molecule has 0 atom stereocenters. The zero-order valence-electron chi connectivity index (χ0n) is 9.01. The van der Waals surface area contributed by atoms with E-state index in [-0.39, 0.29) is 0 Å². The first-order valence-corrected chi connectivity index (χ1v) is 5.91. The van der Waals surface area contributed by atoms with E-state index >= 15 is 0 Å². The number of hydrogen-bond acceptors (Lipinski definition) is 2. The van der Waals surface area contributed by atoms with Crippen molar-refractivity contribution in [3.05, 3.63) is 33.3 Å². The van der Waals surface area contributed by atoms with Crippen LogP contribution in [0.2, 0.25) is 0 Å². The highest BCUT2D eigenvalue weighted by molar-refractivity contribution is 9.10. The molecule has 0 amide bonds. The summed E-state index contributed by atoms with van der Waals surface area (Å²) in [5, 5.41) is 4.10. The van der Waals surface area contributed by atoms with Crippen molar-refractivity contribution in [3.8, 4) is 0 Å². The van der Waals surface area contributed by atoms with Gasteiger partial charge < -0.3 is 4.84 Å². The zero-order valence-corrected chi connectivity index (χ0v) is 10.6. The summed E-state index contributed by atoms with van der Waals surface area (Å²) in [6.07, 6.45) is 3.30. The first-order chi connectivity index (χ1) is 7.22. The molecule has 2 rings (SSSR count). The fourth-order valence-corrected chi connectivity index (χ4v) is 2.95. The van der Waals surface area contributed by atoms with Gasteiger partial charge in [0.1, 0.15) is 7.11 Å². The molecule has 1 aromatic rings. The van der Waals surface area contributed by atoms with Crippen molar-refractivity contribution in [3.63, 3.8) is 0 Å². The lowest BCUT2D eigenvalue weighted by Crippen LogP contribution is -2.13. The Balaban J connectivity index is 2.56. The van der Waals surface area contributed by atoms with Crippen LogP contribution in [-0.2, 0) is 11.3 Å². The minimum absolute atomic E-state index is 1.00. The van der Waals surface area contributed by atoms with Crippen molar-refractivity contribution in [2.75, 3.05) is 7.11 Å². The molecule has 0 spiro atoms. The van der Waals surface area contributed by atoms with Gasteiger partial charge in [-0.15, -0.1) is 0 Å². The van der Waals surface area contributed by atoms with Gasteiger partial charge in [-0.2, -0.15) is 0 Å². The maximum atomic E-state index is 4.89. The summed E-state index contributed by atoms with van der Waals surface area (Å²) in [5.74, 6) is 0. The molecule has 0 aromatic heterocycles. The third-order valence-corrected chi connectivity index (χ3v) is 3.29. The Hall–Kier alpha value is -0.830. The lowest BCUT2D eigenvalue weighted by atomic mass is 9.89. The molecule has 1 aliphatic rings. The van der Waals surface area contributed by atoms with Crippen LogP contribution < -0.4 is 0 Å². The van der Waals surface area contributed by atoms with Gasteiger partial charge in [-0.3, -0.25) is 0 Å². The molecule has 1 aromatic carbocycles. The van der Waals surface area contributed by atoms with E-state index in [1.807, 2.05) is 0 Å². The van der Waals surface area contributed by atoms with Gasteiger partial charge in [0.2, 0.25) is 0 Å². The average molecular weight is 268 g/mol. The average Bonchev–Trinajstić information content (AvgIpc) is 2.17. The SMILES string of the molecule is CO/N=C1\CCCc2cc(C)cc(Br)c21. The number of rotatable bonds is 1. The Morgan fingerprint density at radius 1 is 1.33 bits per heavy atom. The highest BCUT2D eigenvalue weighted by atomic mass is 79.9. The molecule has 15 heavy (non-hydrogen) atoms. The Labute approximate surface area is 98.4 Å². The van der Waals surface area contributed by atoms with Crippen LogP contribution in [-0.4, -0.2) is 12.8 Å². The predicted octanol–water partition coefficient (Wildman–Crippen LogP) is 3.44. The van der Waals surface area contributed by atoms with Crippen LogP contribution in [0.3, 0.4) is 0 Å². The maximum Gasteiger partial charge on any atom is 0.106 e. The Morgan fingerprint density at radius 3 is 2.87 bits per heavy atom. The van der Waals surface area contributed by atoms with Crippen LogP contribution in [0, 0.1) is 6.92 Å².